The number of carbonyl (C=O) groups is 1. The Morgan fingerprint density at radius 1 is 1.50 bits per heavy atom. The number of methoxy groups -OCH3 is 1. The molecule has 0 saturated carbocycles. The van der Waals surface area contributed by atoms with Crippen LogP contribution in [0, 0.1) is 6.92 Å². The van der Waals surface area contributed by atoms with Crippen molar-refractivity contribution < 1.29 is 19.7 Å². The van der Waals surface area contributed by atoms with Crippen molar-refractivity contribution >= 4 is 5.97 Å². The van der Waals surface area contributed by atoms with Gasteiger partial charge in [-0.2, -0.15) is 0 Å². The molecule has 0 spiro atoms. The molecule has 0 amide bonds. The Kier molecular flexibility index (Phi) is 2.96. The third kappa shape index (κ3) is 1.96. The number of benzene rings is 1. The standard InChI is InChI=1S/C10H12O4/c1-6-3-4-8(11)10(14-2)7(6)5-9(12)13/h3-4,11H,5H2,1-2H3,(H,12,13). The van der Waals surface area contributed by atoms with Crippen molar-refractivity contribution in [2.75, 3.05) is 7.11 Å². The van der Waals surface area contributed by atoms with Crippen molar-refractivity contribution in [3.63, 3.8) is 0 Å². The average Bonchev–Trinajstić information content (AvgIpc) is 2.11. The van der Waals surface area contributed by atoms with E-state index in [9.17, 15) is 9.90 Å². The maximum atomic E-state index is 10.6. The SMILES string of the molecule is COc1c(O)ccc(C)c1CC(=O)O. The van der Waals surface area contributed by atoms with E-state index in [0.717, 1.165) is 5.56 Å². The second-order valence-corrected chi connectivity index (χ2v) is 2.98. The zero-order chi connectivity index (χ0) is 10.7. The number of phenols is 1. The Morgan fingerprint density at radius 2 is 2.14 bits per heavy atom. The van der Waals surface area contributed by atoms with E-state index >= 15 is 0 Å². The fraction of sp³-hybridized carbons (Fsp3) is 0.300. The van der Waals surface area contributed by atoms with Gasteiger partial charge >= 0.3 is 5.97 Å². The molecule has 1 aromatic carbocycles. The van der Waals surface area contributed by atoms with Crippen LogP contribution >= 0.6 is 0 Å². The van der Waals surface area contributed by atoms with E-state index in [-0.39, 0.29) is 17.9 Å². The molecule has 1 aromatic rings. The highest BCUT2D eigenvalue weighted by molar-refractivity contribution is 5.73. The van der Waals surface area contributed by atoms with Crippen LogP contribution in [-0.4, -0.2) is 23.3 Å². The van der Waals surface area contributed by atoms with Crippen molar-refractivity contribution in [2.24, 2.45) is 0 Å². The number of rotatable bonds is 3. The number of hydrogen-bond donors (Lipinski definition) is 2. The number of carboxylic acids is 1. The minimum absolute atomic E-state index is 0.0330. The normalized spacial score (nSPS) is 9.86. The largest absolute Gasteiger partial charge is 0.504 e. The van der Waals surface area contributed by atoms with Gasteiger partial charge in [0, 0.05) is 5.56 Å². The Bertz CT molecular complexity index is 357. The monoisotopic (exact) mass is 196 g/mol. The molecule has 0 saturated heterocycles. The van der Waals surface area contributed by atoms with Gasteiger partial charge in [0.25, 0.3) is 0 Å². The summed E-state index contributed by atoms with van der Waals surface area (Å²) in [5.74, 6) is -0.737. The van der Waals surface area contributed by atoms with Crippen LogP contribution in [-0.2, 0) is 11.2 Å². The average molecular weight is 196 g/mol. The molecule has 0 aliphatic heterocycles. The molecule has 0 bridgehead atoms. The first kappa shape index (κ1) is 10.4. The third-order valence-corrected chi connectivity index (χ3v) is 2.01. The number of aryl methyl sites for hydroxylation is 1. The number of phenolic OH excluding ortho intramolecular Hbond substituents is 1. The van der Waals surface area contributed by atoms with E-state index in [2.05, 4.69) is 0 Å². The summed E-state index contributed by atoms with van der Waals surface area (Å²) in [6.07, 6.45) is -0.149. The van der Waals surface area contributed by atoms with Gasteiger partial charge in [-0.05, 0) is 18.6 Å². The minimum Gasteiger partial charge on any atom is -0.504 e. The quantitative estimate of drug-likeness (QED) is 0.765. The topological polar surface area (TPSA) is 66.8 Å². The molecule has 0 aliphatic carbocycles. The number of carboxylic acid groups (broad SMARTS) is 1. The molecule has 0 atom stereocenters. The summed E-state index contributed by atoms with van der Waals surface area (Å²) >= 11 is 0. The summed E-state index contributed by atoms with van der Waals surface area (Å²) in [6.45, 7) is 1.78. The fourth-order valence-electron chi connectivity index (χ4n) is 1.31. The van der Waals surface area contributed by atoms with Gasteiger partial charge in [-0.25, -0.2) is 0 Å². The molecule has 0 heterocycles. The zero-order valence-corrected chi connectivity index (χ0v) is 8.07. The highest BCUT2D eigenvalue weighted by Gasteiger charge is 2.13. The molecule has 2 N–H and O–H groups in total. The summed E-state index contributed by atoms with van der Waals surface area (Å²) in [7, 11) is 1.40. The van der Waals surface area contributed by atoms with Gasteiger partial charge in [0.1, 0.15) is 0 Å². The number of aromatic hydroxyl groups is 1. The van der Waals surface area contributed by atoms with Crippen molar-refractivity contribution in [1.29, 1.82) is 0 Å². The molecule has 4 nitrogen and oxygen atoms in total. The van der Waals surface area contributed by atoms with E-state index < -0.39 is 5.97 Å². The molecule has 76 valence electrons. The van der Waals surface area contributed by atoms with Crippen LogP contribution in [0.5, 0.6) is 11.5 Å². The van der Waals surface area contributed by atoms with E-state index in [4.69, 9.17) is 9.84 Å². The summed E-state index contributed by atoms with van der Waals surface area (Å²) in [5.41, 5.74) is 1.31. The first-order valence-electron chi connectivity index (χ1n) is 4.13. The molecule has 4 heteroatoms. The van der Waals surface area contributed by atoms with E-state index in [0.29, 0.717) is 5.56 Å². The Balaban J connectivity index is 3.22. The lowest BCUT2D eigenvalue weighted by molar-refractivity contribution is -0.136. The Hall–Kier alpha value is -1.71. The molecule has 14 heavy (non-hydrogen) atoms. The smallest absolute Gasteiger partial charge is 0.307 e. The highest BCUT2D eigenvalue weighted by atomic mass is 16.5. The van der Waals surface area contributed by atoms with Gasteiger partial charge in [-0.15, -0.1) is 0 Å². The molecule has 0 aliphatic rings. The van der Waals surface area contributed by atoms with Crippen LogP contribution in [0.1, 0.15) is 11.1 Å². The Morgan fingerprint density at radius 3 is 2.64 bits per heavy atom. The second-order valence-electron chi connectivity index (χ2n) is 2.98. The number of hydrogen-bond acceptors (Lipinski definition) is 3. The number of ether oxygens (including phenoxy) is 1. The predicted molar refractivity (Wildman–Crippen MR) is 50.7 cm³/mol. The van der Waals surface area contributed by atoms with Crippen LogP contribution in [0.4, 0.5) is 0 Å². The summed E-state index contributed by atoms with van der Waals surface area (Å²) in [4.78, 5) is 10.6. The summed E-state index contributed by atoms with van der Waals surface area (Å²) in [5, 5.41) is 18.1. The minimum atomic E-state index is -0.947. The van der Waals surface area contributed by atoms with Crippen molar-refractivity contribution in [2.45, 2.75) is 13.3 Å². The number of aliphatic carboxylic acids is 1. The molecular formula is C10H12O4. The predicted octanol–water partition coefficient (Wildman–Crippen LogP) is 1.34. The van der Waals surface area contributed by atoms with Crippen LogP contribution in [0.2, 0.25) is 0 Å². The van der Waals surface area contributed by atoms with Crippen LogP contribution in [0.3, 0.4) is 0 Å². The van der Waals surface area contributed by atoms with Crippen molar-refractivity contribution in [3.05, 3.63) is 23.3 Å². The summed E-state index contributed by atoms with van der Waals surface area (Å²) in [6, 6.07) is 3.15. The zero-order valence-electron chi connectivity index (χ0n) is 8.07. The maximum Gasteiger partial charge on any atom is 0.307 e. The molecule has 0 aromatic heterocycles. The van der Waals surface area contributed by atoms with Gasteiger partial charge in [0.15, 0.2) is 11.5 Å². The van der Waals surface area contributed by atoms with E-state index in [1.165, 1.54) is 13.2 Å². The second kappa shape index (κ2) is 4.00. The molecular weight excluding hydrogens is 184 g/mol. The van der Waals surface area contributed by atoms with Gasteiger partial charge in [-0.1, -0.05) is 6.07 Å². The van der Waals surface area contributed by atoms with Gasteiger partial charge < -0.3 is 14.9 Å². The van der Waals surface area contributed by atoms with Gasteiger partial charge in [-0.3, -0.25) is 4.79 Å². The molecule has 0 fully saturated rings. The van der Waals surface area contributed by atoms with Gasteiger partial charge in [0.2, 0.25) is 0 Å². The lowest BCUT2D eigenvalue weighted by atomic mass is 10.0. The molecule has 1 rings (SSSR count). The third-order valence-electron chi connectivity index (χ3n) is 2.01. The van der Waals surface area contributed by atoms with Crippen LogP contribution < -0.4 is 4.74 Å². The van der Waals surface area contributed by atoms with Crippen molar-refractivity contribution in [3.8, 4) is 11.5 Å². The highest BCUT2D eigenvalue weighted by Crippen LogP contribution is 2.32. The van der Waals surface area contributed by atoms with Crippen molar-refractivity contribution in [1.82, 2.24) is 0 Å². The van der Waals surface area contributed by atoms with Crippen LogP contribution in [0.25, 0.3) is 0 Å². The summed E-state index contributed by atoms with van der Waals surface area (Å²) < 4.78 is 4.94. The van der Waals surface area contributed by atoms with Gasteiger partial charge in [0.05, 0.1) is 13.5 Å². The first-order valence-corrected chi connectivity index (χ1v) is 4.13. The molecule has 0 radical (unpaired) electrons. The lowest BCUT2D eigenvalue weighted by Gasteiger charge is -2.11. The van der Waals surface area contributed by atoms with E-state index in [1.807, 2.05) is 0 Å². The maximum absolute atomic E-state index is 10.6. The Labute approximate surface area is 81.8 Å². The lowest BCUT2D eigenvalue weighted by Crippen LogP contribution is -2.04. The first-order chi connectivity index (χ1) is 6.56. The molecule has 0 unspecified atom stereocenters. The van der Waals surface area contributed by atoms with E-state index in [1.54, 1.807) is 13.0 Å². The fourth-order valence-corrected chi connectivity index (χ4v) is 1.31. The van der Waals surface area contributed by atoms with Crippen LogP contribution in [0.15, 0.2) is 12.1 Å².